The zero-order valence-electron chi connectivity index (χ0n) is 12.1. The van der Waals surface area contributed by atoms with E-state index in [0.29, 0.717) is 5.41 Å². The highest BCUT2D eigenvalue weighted by Gasteiger charge is 2.30. The highest BCUT2D eigenvalue weighted by atomic mass is 16.5. The fourth-order valence-corrected chi connectivity index (χ4v) is 2.79. The molecule has 0 aromatic heterocycles. The zero-order chi connectivity index (χ0) is 13.7. The van der Waals surface area contributed by atoms with Gasteiger partial charge in [-0.25, -0.2) is 0 Å². The molecule has 1 aromatic carbocycles. The van der Waals surface area contributed by atoms with E-state index in [1.54, 1.807) is 0 Å². The number of rotatable bonds is 5. The number of benzene rings is 1. The van der Waals surface area contributed by atoms with Gasteiger partial charge in [-0.3, -0.25) is 0 Å². The van der Waals surface area contributed by atoms with E-state index in [1.165, 1.54) is 18.4 Å². The number of hydrogen-bond donors (Lipinski definition) is 2. The summed E-state index contributed by atoms with van der Waals surface area (Å²) in [6.07, 6.45) is 2.38. The molecule has 1 fully saturated rings. The van der Waals surface area contributed by atoms with Crippen molar-refractivity contribution in [1.82, 2.24) is 5.32 Å². The molecular formula is C16H26N2O. The van der Waals surface area contributed by atoms with Gasteiger partial charge in [-0.15, -0.1) is 0 Å². The van der Waals surface area contributed by atoms with Gasteiger partial charge in [0.1, 0.15) is 0 Å². The van der Waals surface area contributed by atoms with Crippen LogP contribution in [0.3, 0.4) is 0 Å². The first kappa shape index (κ1) is 14.4. The molecule has 0 aliphatic carbocycles. The Hall–Kier alpha value is -1.06. The van der Waals surface area contributed by atoms with Gasteiger partial charge in [0.25, 0.3) is 0 Å². The molecule has 0 bridgehead atoms. The molecule has 2 rings (SSSR count). The molecule has 1 saturated heterocycles. The van der Waals surface area contributed by atoms with Gasteiger partial charge in [0, 0.05) is 32.0 Å². The van der Waals surface area contributed by atoms with Crippen molar-refractivity contribution in [3.05, 3.63) is 29.8 Å². The van der Waals surface area contributed by atoms with Gasteiger partial charge >= 0.3 is 0 Å². The molecule has 0 unspecified atom stereocenters. The Kier molecular flexibility index (Phi) is 4.83. The van der Waals surface area contributed by atoms with Crippen LogP contribution >= 0.6 is 0 Å². The van der Waals surface area contributed by atoms with Crippen LogP contribution in [0, 0.1) is 11.3 Å². The first-order valence-electron chi connectivity index (χ1n) is 7.21. The van der Waals surface area contributed by atoms with Crippen LogP contribution in [0.5, 0.6) is 0 Å². The maximum absolute atomic E-state index is 5.69. The molecule has 1 aliphatic rings. The van der Waals surface area contributed by atoms with E-state index in [1.807, 2.05) is 12.1 Å². The Morgan fingerprint density at radius 2 is 1.84 bits per heavy atom. The summed E-state index contributed by atoms with van der Waals surface area (Å²) in [4.78, 5) is 0. The van der Waals surface area contributed by atoms with Crippen molar-refractivity contribution in [1.29, 1.82) is 0 Å². The Bertz CT molecular complexity index is 380. The minimum Gasteiger partial charge on any atom is -0.399 e. The average Bonchev–Trinajstić information content (AvgIpc) is 2.42. The van der Waals surface area contributed by atoms with Gasteiger partial charge in [-0.2, -0.15) is 0 Å². The van der Waals surface area contributed by atoms with E-state index in [-0.39, 0.29) is 0 Å². The van der Waals surface area contributed by atoms with Crippen molar-refractivity contribution in [2.45, 2.75) is 33.2 Å². The molecule has 1 aromatic rings. The summed E-state index contributed by atoms with van der Waals surface area (Å²) in [6.45, 7) is 8.52. The Balaban J connectivity index is 1.78. The fourth-order valence-electron chi connectivity index (χ4n) is 2.79. The lowest BCUT2D eigenvalue weighted by Crippen LogP contribution is -2.38. The molecule has 0 spiro atoms. The van der Waals surface area contributed by atoms with Crippen molar-refractivity contribution in [3.63, 3.8) is 0 Å². The Morgan fingerprint density at radius 3 is 2.47 bits per heavy atom. The molecule has 0 radical (unpaired) electrons. The molecular weight excluding hydrogens is 236 g/mol. The molecule has 106 valence electrons. The highest BCUT2D eigenvalue weighted by Crippen LogP contribution is 2.33. The van der Waals surface area contributed by atoms with Gasteiger partial charge in [-0.05, 0) is 41.9 Å². The number of nitrogens with two attached hydrogens (primary N) is 1. The third-order valence-electron chi connectivity index (χ3n) is 4.22. The van der Waals surface area contributed by atoms with E-state index in [0.717, 1.165) is 37.9 Å². The van der Waals surface area contributed by atoms with E-state index < -0.39 is 0 Å². The van der Waals surface area contributed by atoms with Gasteiger partial charge in [0.15, 0.2) is 0 Å². The Labute approximate surface area is 116 Å². The number of ether oxygens (including phenoxy) is 1. The third-order valence-corrected chi connectivity index (χ3v) is 4.22. The van der Waals surface area contributed by atoms with Gasteiger partial charge in [-0.1, -0.05) is 26.0 Å². The quantitative estimate of drug-likeness (QED) is 0.802. The summed E-state index contributed by atoms with van der Waals surface area (Å²) < 4.78 is 5.45. The van der Waals surface area contributed by atoms with Crippen LogP contribution in [0.2, 0.25) is 0 Å². The summed E-state index contributed by atoms with van der Waals surface area (Å²) in [5.41, 5.74) is 8.13. The van der Waals surface area contributed by atoms with Crippen LogP contribution in [-0.4, -0.2) is 19.8 Å². The standard InChI is InChI=1S/C16H26N2O/c1-16(2,14-7-9-19-10-8-14)12-18-11-13-3-5-15(17)6-4-13/h3-6,14,18H,7-12,17H2,1-2H3. The predicted octanol–water partition coefficient (Wildman–Crippen LogP) is 2.81. The lowest BCUT2D eigenvalue weighted by molar-refractivity contribution is 0.0227. The van der Waals surface area contributed by atoms with Crippen LogP contribution < -0.4 is 11.1 Å². The van der Waals surface area contributed by atoms with E-state index in [9.17, 15) is 0 Å². The topological polar surface area (TPSA) is 47.3 Å². The molecule has 3 N–H and O–H groups in total. The van der Waals surface area contributed by atoms with Crippen molar-refractivity contribution in [2.24, 2.45) is 11.3 Å². The van der Waals surface area contributed by atoms with Crippen LogP contribution in [-0.2, 0) is 11.3 Å². The first-order valence-corrected chi connectivity index (χ1v) is 7.21. The maximum atomic E-state index is 5.69. The van der Waals surface area contributed by atoms with E-state index in [4.69, 9.17) is 10.5 Å². The molecule has 19 heavy (non-hydrogen) atoms. The van der Waals surface area contributed by atoms with Crippen molar-refractivity contribution in [3.8, 4) is 0 Å². The zero-order valence-corrected chi connectivity index (χ0v) is 12.1. The monoisotopic (exact) mass is 262 g/mol. The molecule has 3 heteroatoms. The minimum absolute atomic E-state index is 0.331. The second-order valence-corrected chi connectivity index (χ2v) is 6.22. The van der Waals surface area contributed by atoms with Gasteiger partial charge in [0.05, 0.1) is 0 Å². The van der Waals surface area contributed by atoms with E-state index in [2.05, 4.69) is 31.3 Å². The molecule has 0 amide bonds. The lowest BCUT2D eigenvalue weighted by atomic mass is 9.74. The molecule has 3 nitrogen and oxygen atoms in total. The molecule has 0 atom stereocenters. The average molecular weight is 262 g/mol. The fraction of sp³-hybridized carbons (Fsp3) is 0.625. The van der Waals surface area contributed by atoms with Crippen LogP contribution in [0.25, 0.3) is 0 Å². The summed E-state index contributed by atoms with van der Waals surface area (Å²) in [5, 5.41) is 3.58. The predicted molar refractivity (Wildman–Crippen MR) is 79.9 cm³/mol. The van der Waals surface area contributed by atoms with E-state index >= 15 is 0 Å². The summed E-state index contributed by atoms with van der Waals surface area (Å²) in [7, 11) is 0. The van der Waals surface area contributed by atoms with Crippen molar-refractivity contribution in [2.75, 3.05) is 25.5 Å². The number of nitrogen functional groups attached to an aromatic ring is 1. The largest absolute Gasteiger partial charge is 0.399 e. The lowest BCUT2D eigenvalue weighted by Gasteiger charge is -2.37. The molecule has 1 aliphatic heterocycles. The van der Waals surface area contributed by atoms with Crippen molar-refractivity contribution >= 4 is 5.69 Å². The second kappa shape index (κ2) is 6.40. The van der Waals surface area contributed by atoms with Crippen LogP contribution in [0.15, 0.2) is 24.3 Å². The normalized spacial score (nSPS) is 17.6. The van der Waals surface area contributed by atoms with Crippen LogP contribution in [0.1, 0.15) is 32.3 Å². The summed E-state index contributed by atoms with van der Waals surface area (Å²) in [6, 6.07) is 8.09. The van der Waals surface area contributed by atoms with Gasteiger partial charge < -0.3 is 15.8 Å². The summed E-state index contributed by atoms with van der Waals surface area (Å²) in [5.74, 6) is 0.764. The minimum atomic E-state index is 0.331. The Morgan fingerprint density at radius 1 is 1.21 bits per heavy atom. The number of anilines is 1. The second-order valence-electron chi connectivity index (χ2n) is 6.22. The first-order chi connectivity index (χ1) is 9.08. The van der Waals surface area contributed by atoms with Gasteiger partial charge in [0.2, 0.25) is 0 Å². The number of hydrogen-bond acceptors (Lipinski definition) is 3. The van der Waals surface area contributed by atoms with Crippen molar-refractivity contribution < 1.29 is 4.74 Å². The third kappa shape index (κ3) is 4.22. The molecule has 1 heterocycles. The summed E-state index contributed by atoms with van der Waals surface area (Å²) >= 11 is 0. The molecule has 0 saturated carbocycles. The maximum Gasteiger partial charge on any atom is 0.0468 e. The van der Waals surface area contributed by atoms with Crippen LogP contribution in [0.4, 0.5) is 5.69 Å². The number of nitrogens with one attached hydrogen (secondary N) is 1. The SMILES string of the molecule is CC(C)(CNCc1ccc(N)cc1)C1CCOCC1. The highest BCUT2D eigenvalue weighted by molar-refractivity contribution is 5.39. The smallest absolute Gasteiger partial charge is 0.0468 e.